The number of aromatic nitrogens is 2. The number of benzene rings is 1. The third-order valence-electron chi connectivity index (χ3n) is 3.25. The van der Waals surface area contributed by atoms with E-state index in [0.29, 0.717) is 4.88 Å². The Morgan fingerprint density at radius 3 is 2.39 bits per heavy atom. The van der Waals surface area contributed by atoms with Gasteiger partial charge < -0.3 is 4.74 Å². The molecule has 5 heteroatoms. The van der Waals surface area contributed by atoms with Crippen LogP contribution < -0.4 is 0 Å². The molecule has 0 bridgehead atoms. The highest BCUT2D eigenvalue weighted by Gasteiger charge is 2.26. The van der Waals surface area contributed by atoms with Crippen LogP contribution in [0.25, 0.3) is 21.5 Å². The van der Waals surface area contributed by atoms with E-state index in [1.54, 1.807) is 12.4 Å². The van der Waals surface area contributed by atoms with Gasteiger partial charge in [-0.05, 0) is 33.3 Å². The van der Waals surface area contributed by atoms with Crippen molar-refractivity contribution in [2.75, 3.05) is 0 Å². The molecule has 2 aromatic heterocycles. The second kappa shape index (κ2) is 5.74. The van der Waals surface area contributed by atoms with Crippen LogP contribution in [0.5, 0.6) is 0 Å². The molecule has 0 amide bonds. The predicted octanol–water partition coefficient (Wildman–Crippen LogP) is 4.62. The lowest BCUT2D eigenvalue weighted by atomic mass is 10.0. The van der Waals surface area contributed by atoms with E-state index in [2.05, 4.69) is 9.97 Å². The highest BCUT2D eigenvalue weighted by Crippen LogP contribution is 2.37. The van der Waals surface area contributed by atoms with Crippen LogP contribution in [0.3, 0.4) is 0 Å². The molecule has 0 N–H and O–H groups in total. The Kier molecular flexibility index (Phi) is 3.90. The zero-order valence-corrected chi connectivity index (χ0v) is 14.4. The number of nitrogens with zero attached hydrogens (tertiary/aromatic N) is 2. The molecule has 23 heavy (non-hydrogen) atoms. The third-order valence-corrected chi connectivity index (χ3v) is 4.32. The van der Waals surface area contributed by atoms with Crippen molar-refractivity contribution in [3.63, 3.8) is 0 Å². The van der Waals surface area contributed by atoms with E-state index < -0.39 is 5.60 Å². The second-order valence-corrected chi connectivity index (χ2v) is 7.38. The Morgan fingerprint density at radius 2 is 1.74 bits per heavy atom. The van der Waals surface area contributed by atoms with Crippen molar-refractivity contribution in [2.24, 2.45) is 0 Å². The van der Waals surface area contributed by atoms with Gasteiger partial charge in [-0.25, -0.2) is 9.78 Å². The zero-order chi connectivity index (χ0) is 16.6. The van der Waals surface area contributed by atoms with E-state index in [1.165, 1.54) is 11.3 Å². The fraction of sp³-hybridized carbons (Fsp3) is 0.278. The molecule has 0 saturated carbocycles. The summed E-state index contributed by atoms with van der Waals surface area (Å²) in [6.07, 6.45) is 3.28. The Hall–Kier alpha value is -2.27. The van der Waals surface area contributed by atoms with Gasteiger partial charge >= 0.3 is 5.97 Å². The van der Waals surface area contributed by atoms with Crippen LogP contribution in [0.4, 0.5) is 0 Å². The van der Waals surface area contributed by atoms with Gasteiger partial charge in [-0.2, -0.15) is 0 Å². The van der Waals surface area contributed by atoms with Gasteiger partial charge in [0.25, 0.3) is 0 Å². The van der Waals surface area contributed by atoms with Crippen LogP contribution in [0.1, 0.15) is 36.0 Å². The lowest BCUT2D eigenvalue weighted by molar-refractivity contribution is 0.00761. The smallest absolute Gasteiger partial charge is 0.349 e. The maximum atomic E-state index is 12.6. The number of esters is 1. The average Bonchev–Trinajstić information content (AvgIpc) is 2.86. The normalized spacial score (nSPS) is 11.7. The molecule has 0 saturated heterocycles. The summed E-state index contributed by atoms with van der Waals surface area (Å²) in [5.41, 5.74) is 3.11. The van der Waals surface area contributed by atoms with Gasteiger partial charge in [0.2, 0.25) is 0 Å². The minimum atomic E-state index is -0.543. The molecule has 0 fully saturated rings. The van der Waals surface area contributed by atoms with Gasteiger partial charge in [0.05, 0.1) is 0 Å². The molecule has 3 aromatic rings. The Morgan fingerprint density at radius 1 is 1.09 bits per heavy atom. The molecule has 0 aliphatic rings. The van der Waals surface area contributed by atoms with Crippen LogP contribution in [-0.4, -0.2) is 21.5 Å². The molecule has 4 nitrogen and oxygen atoms in total. The Labute approximate surface area is 139 Å². The number of carbonyl (C=O) groups excluding carboxylic acids is 1. The molecular weight excluding hydrogens is 308 g/mol. The van der Waals surface area contributed by atoms with Gasteiger partial charge in [-0.15, -0.1) is 11.3 Å². The molecule has 0 aliphatic heterocycles. The molecule has 0 atom stereocenters. The highest BCUT2D eigenvalue weighted by atomic mass is 32.1. The SMILES string of the molecule is Cc1ccc(-c2c(C(=O)OC(C)(C)C)sc3nccnc23)cc1. The van der Waals surface area contributed by atoms with E-state index in [0.717, 1.165) is 27.0 Å². The lowest BCUT2D eigenvalue weighted by Crippen LogP contribution is -2.23. The molecule has 118 valence electrons. The zero-order valence-electron chi connectivity index (χ0n) is 13.6. The van der Waals surface area contributed by atoms with Gasteiger partial charge in [0.1, 0.15) is 20.8 Å². The number of rotatable bonds is 2. The average molecular weight is 326 g/mol. The van der Waals surface area contributed by atoms with Crippen molar-refractivity contribution in [1.29, 1.82) is 0 Å². The first-order valence-corrected chi connectivity index (χ1v) is 8.21. The molecule has 1 aromatic carbocycles. The summed E-state index contributed by atoms with van der Waals surface area (Å²) in [6.45, 7) is 7.62. The van der Waals surface area contributed by atoms with Crippen molar-refractivity contribution in [3.05, 3.63) is 47.1 Å². The minimum Gasteiger partial charge on any atom is -0.456 e. The number of carbonyl (C=O) groups is 1. The summed E-state index contributed by atoms with van der Waals surface area (Å²) >= 11 is 1.32. The number of fused-ring (bicyclic) bond motifs is 1. The van der Waals surface area contributed by atoms with Crippen LogP contribution in [-0.2, 0) is 4.74 Å². The molecule has 3 rings (SSSR count). The summed E-state index contributed by atoms with van der Waals surface area (Å²) in [5.74, 6) is -0.335. The standard InChI is InChI=1S/C18H18N2O2S/c1-11-5-7-12(8-6-11)13-14-16(20-10-9-19-14)23-15(13)17(21)22-18(2,3)4/h5-10H,1-4H3. The van der Waals surface area contributed by atoms with Crippen molar-refractivity contribution >= 4 is 27.7 Å². The monoisotopic (exact) mass is 326 g/mol. The van der Waals surface area contributed by atoms with Crippen molar-refractivity contribution in [3.8, 4) is 11.1 Å². The maximum Gasteiger partial charge on any atom is 0.349 e. The van der Waals surface area contributed by atoms with Crippen molar-refractivity contribution in [1.82, 2.24) is 9.97 Å². The van der Waals surface area contributed by atoms with Gasteiger partial charge in [-0.3, -0.25) is 4.98 Å². The summed E-state index contributed by atoms with van der Waals surface area (Å²) < 4.78 is 5.56. The number of thiophene rings is 1. The second-order valence-electron chi connectivity index (χ2n) is 6.38. The van der Waals surface area contributed by atoms with Crippen LogP contribution in [0.2, 0.25) is 0 Å². The van der Waals surface area contributed by atoms with E-state index in [1.807, 2.05) is 52.0 Å². The Balaban J connectivity index is 2.19. The summed E-state index contributed by atoms with van der Waals surface area (Å²) in [6, 6.07) is 8.04. The summed E-state index contributed by atoms with van der Waals surface area (Å²) in [5, 5.41) is 0. The van der Waals surface area contributed by atoms with E-state index in [-0.39, 0.29) is 5.97 Å². The number of ether oxygens (including phenoxy) is 1. The topological polar surface area (TPSA) is 52.1 Å². The van der Waals surface area contributed by atoms with Gasteiger partial charge in [0.15, 0.2) is 0 Å². The number of hydrogen-bond donors (Lipinski definition) is 0. The molecular formula is C18H18N2O2S. The molecule has 0 unspecified atom stereocenters. The largest absolute Gasteiger partial charge is 0.456 e. The van der Waals surface area contributed by atoms with Crippen LogP contribution in [0.15, 0.2) is 36.7 Å². The first-order valence-electron chi connectivity index (χ1n) is 7.39. The fourth-order valence-corrected chi connectivity index (χ4v) is 3.28. The molecule has 0 spiro atoms. The van der Waals surface area contributed by atoms with E-state index in [4.69, 9.17) is 4.74 Å². The van der Waals surface area contributed by atoms with E-state index >= 15 is 0 Å². The first-order chi connectivity index (χ1) is 10.8. The maximum absolute atomic E-state index is 12.6. The predicted molar refractivity (Wildman–Crippen MR) is 92.8 cm³/mol. The quantitative estimate of drug-likeness (QED) is 0.645. The lowest BCUT2D eigenvalue weighted by Gasteiger charge is -2.19. The van der Waals surface area contributed by atoms with Crippen LogP contribution >= 0.6 is 11.3 Å². The fourth-order valence-electron chi connectivity index (χ4n) is 2.28. The third kappa shape index (κ3) is 3.24. The first kappa shape index (κ1) is 15.6. The van der Waals surface area contributed by atoms with Crippen molar-refractivity contribution in [2.45, 2.75) is 33.3 Å². The van der Waals surface area contributed by atoms with Gasteiger partial charge in [0, 0.05) is 18.0 Å². The van der Waals surface area contributed by atoms with Crippen LogP contribution in [0, 0.1) is 6.92 Å². The van der Waals surface area contributed by atoms with Gasteiger partial charge in [-0.1, -0.05) is 29.8 Å². The molecule has 2 heterocycles. The van der Waals surface area contributed by atoms with E-state index in [9.17, 15) is 4.79 Å². The Bertz CT molecular complexity index is 861. The highest BCUT2D eigenvalue weighted by molar-refractivity contribution is 7.21. The number of hydrogen-bond acceptors (Lipinski definition) is 5. The van der Waals surface area contributed by atoms with Crippen molar-refractivity contribution < 1.29 is 9.53 Å². The summed E-state index contributed by atoms with van der Waals surface area (Å²) in [7, 11) is 0. The minimum absolute atomic E-state index is 0.335. The molecule has 0 radical (unpaired) electrons. The summed E-state index contributed by atoms with van der Waals surface area (Å²) in [4.78, 5) is 22.7. The number of aryl methyl sites for hydroxylation is 1. The molecule has 0 aliphatic carbocycles.